The Labute approximate surface area is 127 Å². The first-order chi connectivity index (χ1) is 9.37. The van der Waals surface area contributed by atoms with Crippen LogP contribution in [0.15, 0.2) is 24.3 Å². The number of benzene rings is 1. The molecule has 0 saturated heterocycles. The Morgan fingerprint density at radius 2 is 1.65 bits per heavy atom. The molecule has 0 N–H and O–H groups in total. The van der Waals surface area contributed by atoms with Crippen molar-refractivity contribution in [3.8, 4) is 6.07 Å². The monoisotopic (exact) mass is 302 g/mol. The first-order valence-electron chi connectivity index (χ1n) is 6.47. The molecule has 1 aliphatic rings. The van der Waals surface area contributed by atoms with Crippen LogP contribution in [0.4, 0.5) is 0 Å². The van der Waals surface area contributed by atoms with Crippen molar-refractivity contribution in [2.75, 3.05) is 0 Å². The number of hydrogen-bond acceptors (Lipinski definition) is 2. The minimum absolute atomic E-state index is 0.649. The Morgan fingerprint density at radius 3 is 2.10 bits per heavy atom. The van der Waals surface area contributed by atoms with Gasteiger partial charge in [0.1, 0.15) is 6.07 Å². The minimum atomic E-state index is -1.92. The number of halogens is 1. The van der Waals surface area contributed by atoms with Crippen molar-refractivity contribution in [3.05, 3.63) is 66.5 Å². The van der Waals surface area contributed by atoms with Gasteiger partial charge >= 0.3 is 0 Å². The molecule has 0 amide bonds. The van der Waals surface area contributed by atoms with Gasteiger partial charge in [0.25, 0.3) is 0 Å². The molecular formula is C16H17ClNOSi. The predicted molar refractivity (Wildman–Crippen MR) is 83.6 cm³/mol. The summed E-state index contributed by atoms with van der Waals surface area (Å²) >= 11 is 5.95. The van der Waals surface area contributed by atoms with Gasteiger partial charge in [0.15, 0.2) is 13.9 Å². The number of hydrogen-bond donors (Lipinski definition) is 0. The van der Waals surface area contributed by atoms with Crippen LogP contribution in [0.1, 0.15) is 5.56 Å². The van der Waals surface area contributed by atoms with E-state index in [9.17, 15) is 5.26 Å². The van der Waals surface area contributed by atoms with E-state index in [1.54, 1.807) is 12.1 Å². The predicted octanol–water partition coefficient (Wildman–Crippen LogP) is 4.32. The maximum absolute atomic E-state index is 9.85. The third-order valence-electron chi connectivity index (χ3n) is 2.94. The van der Waals surface area contributed by atoms with Gasteiger partial charge in [-0.2, -0.15) is 5.26 Å². The lowest BCUT2D eigenvalue weighted by molar-refractivity contribution is 0.143. The first-order valence-corrected chi connectivity index (χ1v) is 10.3. The summed E-state index contributed by atoms with van der Waals surface area (Å²) in [4.78, 5) is 0. The zero-order valence-electron chi connectivity index (χ0n) is 11.9. The maximum Gasteiger partial charge on any atom is 0.186 e. The lowest BCUT2D eigenvalue weighted by Crippen LogP contribution is -2.43. The smallest absolute Gasteiger partial charge is 0.186 e. The summed E-state index contributed by atoms with van der Waals surface area (Å²) < 4.78 is 6.28. The van der Waals surface area contributed by atoms with Crippen LogP contribution in [0, 0.1) is 42.9 Å². The van der Waals surface area contributed by atoms with E-state index in [4.69, 9.17) is 16.0 Å². The fourth-order valence-electron chi connectivity index (χ4n) is 2.19. The molecule has 1 atom stereocenters. The van der Waals surface area contributed by atoms with Crippen molar-refractivity contribution in [1.82, 2.24) is 0 Å². The molecule has 1 aliphatic carbocycles. The highest BCUT2D eigenvalue weighted by Gasteiger charge is 2.46. The second-order valence-electron chi connectivity index (χ2n) is 5.69. The van der Waals surface area contributed by atoms with Crippen LogP contribution in [0.2, 0.25) is 24.7 Å². The molecule has 0 aliphatic heterocycles. The standard InChI is InChI=1S/C16H17ClNOSi/c1-20(2,3)19-16(12-18,13-6-4-5-7-13)14-8-10-15(17)11-9-14/h4-11H,1-3H3. The minimum Gasteiger partial charge on any atom is -0.396 e. The normalized spacial score (nSPS) is 19.6. The van der Waals surface area contributed by atoms with E-state index in [-0.39, 0.29) is 0 Å². The Kier molecular flexibility index (Phi) is 4.58. The topological polar surface area (TPSA) is 33.0 Å². The van der Waals surface area contributed by atoms with Gasteiger partial charge in [-0.05, 0) is 63.0 Å². The molecule has 0 heterocycles. The van der Waals surface area contributed by atoms with Crippen molar-refractivity contribution in [1.29, 1.82) is 5.26 Å². The average molecular weight is 303 g/mol. The molecule has 20 heavy (non-hydrogen) atoms. The largest absolute Gasteiger partial charge is 0.396 e. The van der Waals surface area contributed by atoms with Crippen molar-refractivity contribution >= 4 is 19.9 Å². The van der Waals surface area contributed by atoms with Crippen molar-refractivity contribution in [3.63, 3.8) is 0 Å². The van der Waals surface area contributed by atoms with Gasteiger partial charge in [-0.1, -0.05) is 23.7 Å². The summed E-state index contributed by atoms with van der Waals surface area (Å²) in [6, 6.07) is 9.68. The fraction of sp³-hybridized carbons (Fsp3) is 0.250. The van der Waals surface area contributed by atoms with Gasteiger partial charge < -0.3 is 4.43 Å². The number of nitriles is 1. The molecule has 2 rings (SSSR count). The maximum atomic E-state index is 9.85. The summed E-state index contributed by atoms with van der Waals surface area (Å²) in [5.41, 5.74) is -0.239. The van der Waals surface area contributed by atoms with Gasteiger partial charge in [-0.3, -0.25) is 0 Å². The number of rotatable bonds is 4. The van der Waals surface area contributed by atoms with Gasteiger partial charge in [0, 0.05) is 10.9 Å². The summed E-state index contributed by atoms with van der Waals surface area (Å²) in [7, 11) is -1.92. The van der Waals surface area contributed by atoms with Crippen LogP contribution in [-0.2, 0) is 10.0 Å². The van der Waals surface area contributed by atoms with Crippen LogP contribution in [-0.4, -0.2) is 8.32 Å². The van der Waals surface area contributed by atoms with E-state index in [0.29, 0.717) is 5.02 Å². The van der Waals surface area contributed by atoms with Gasteiger partial charge in [-0.15, -0.1) is 0 Å². The molecule has 0 aromatic heterocycles. The highest BCUT2D eigenvalue weighted by molar-refractivity contribution is 6.69. The van der Waals surface area contributed by atoms with E-state index < -0.39 is 13.9 Å². The van der Waals surface area contributed by atoms with Crippen LogP contribution < -0.4 is 0 Å². The quantitative estimate of drug-likeness (QED) is 0.776. The Balaban J connectivity index is 2.46. The SMILES string of the molecule is C[Si](C)(C)OC(C#N)([C]1[CH][CH][CH][CH]1)c1ccc(Cl)cc1. The summed E-state index contributed by atoms with van der Waals surface area (Å²) in [5.74, 6) is 0.866. The molecule has 1 aromatic rings. The molecule has 103 valence electrons. The van der Waals surface area contributed by atoms with E-state index in [1.807, 2.05) is 37.8 Å². The van der Waals surface area contributed by atoms with Gasteiger partial charge in [0.05, 0.1) is 0 Å². The van der Waals surface area contributed by atoms with Crippen molar-refractivity contribution < 1.29 is 4.43 Å². The third kappa shape index (κ3) is 3.25. The Hall–Kier alpha value is -0.823. The molecule has 2 nitrogen and oxygen atoms in total. The second-order valence-corrected chi connectivity index (χ2v) is 10.6. The van der Waals surface area contributed by atoms with Gasteiger partial charge in [0.2, 0.25) is 0 Å². The fourth-order valence-corrected chi connectivity index (χ4v) is 3.51. The van der Waals surface area contributed by atoms with Crippen molar-refractivity contribution in [2.45, 2.75) is 25.2 Å². The highest BCUT2D eigenvalue weighted by Crippen LogP contribution is 2.44. The molecular weight excluding hydrogens is 286 g/mol. The molecule has 1 fully saturated rings. The van der Waals surface area contributed by atoms with E-state index in [0.717, 1.165) is 11.5 Å². The first kappa shape index (κ1) is 15.6. The molecule has 1 saturated carbocycles. The summed E-state index contributed by atoms with van der Waals surface area (Å²) in [6.07, 6.45) is 7.70. The van der Waals surface area contributed by atoms with Crippen LogP contribution in [0.25, 0.3) is 0 Å². The molecule has 0 spiro atoms. The molecule has 1 aromatic carbocycles. The molecule has 4 heteroatoms. The van der Waals surface area contributed by atoms with Crippen LogP contribution in [0.5, 0.6) is 0 Å². The number of nitrogens with zero attached hydrogens (tertiary/aromatic N) is 1. The zero-order chi connectivity index (χ0) is 14.8. The summed E-state index contributed by atoms with van der Waals surface area (Å²) in [6.45, 7) is 6.24. The Bertz CT molecular complexity index is 497. The second kappa shape index (κ2) is 5.89. The van der Waals surface area contributed by atoms with Crippen LogP contribution in [0.3, 0.4) is 0 Å². The van der Waals surface area contributed by atoms with E-state index in [1.165, 1.54) is 0 Å². The molecule has 5 radical (unpaired) electrons. The zero-order valence-corrected chi connectivity index (χ0v) is 13.6. The Morgan fingerprint density at radius 1 is 1.10 bits per heavy atom. The van der Waals surface area contributed by atoms with Gasteiger partial charge in [-0.25, -0.2) is 0 Å². The lowest BCUT2D eigenvalue weighted by atomic mass is 9.81. The third-order valence-corrected chi connectivity index (χ3v) is 4.11. The molecule has 1 unspecified atom stereocenters. The van der Waals surface area contributed by atoms with Crippen LogP contribution >= 0.6 is 11.6 Å². The average Bonchev–Trinajstić information content (AvgIpc) is 2.90. The molecule has 0 bridgehead atoms. The van der Waals surface area contributed by atoms with E-state index >= 15 is 0 Å². The lowest BCUT2D eigenvalue weighted by Gasteiger charge is -2.38. The summed E-state index contributed by atoms with van der Waals surface area (Å²) in [5, 5.41) is 10.5. The van der Waals surface area contributed by atoms with E-state index in [2.05, 4.69) is 25.7 Å². The van der Waals surface area contributed by atoms with Crippen molar-refractivity contribution in [2.24, 2.45) is 0 Å². The highest BCUT2D eigenvalue weighted by atomic mass is 35.5.